The number of para-hydroxylation sites is 1. The number of fused-ring (bicyclic) bond motifs is 2. The summed E-state index contributed by atoms with van der Waals surface area (Å²) in [5.74, 6) is 0.260. The summed E-state index contributed by atoms with van der Waals surface area (Å²) in [7, 11) is 0. The van der Waals surface area contributed by atoms with Crippen LogP contribution >= 0.6 is 24.2 Å². The molecule has 1 atom stereocenters. The van der Waals surface area contributed by atoms with Crippen LogP contribution in [0.5, 0.6) is 0 Å². The molecule has 0 spiro atoms. The highest BCUT2D eigenvalue weighted by atomic mass is 35.5. The van der Waals surface area contributed by atoms with Gasteiger partial charge >= 0.3 is 0 Å². The number of benzene rings is 2. The van der Waals surface area contributed by atoms with Gasteiger partial charge in [-0.05, 0) is 63.2 Å². The van der Waals surface area contributed by atoms with Crippen LogP contribution in [0.15, 0.2) is 57.2 Å². The first kappa shape index (κ1) is 20.5. The molecule has 2 heterocycles. The van der Waals surface area contributed by atoms with Gasteiger partial charge in [0.15, 0.2) is 0 Å². The summed E-state index contributed by atoms with van der Waals surface area (Å²) in [6.45, 7) is 5.69. The molecule has 0 saturated carbocycles. The van der Waals surface area contributed by atoms with E-state index in [0.717, 1.165) is 17.8 Å². The molecule has 0 aliphatic carbocycles. The Morgan fingerprint density at radius 3 is 2.64 bits per heavy atom. The van der Waals surface area contributed by atoms with E-state index in [4.69, 9.17) is 11.0 Å². The van der Waals surface area contributed by atoms with Crippen LogP contribution < -0.4 is 10.6 Å². The molecule has 0 bridgehead atoms. The lowest BCUT2D eigenvalue weighted by Crippen LogP contribution is -2.40. The maximum absolute atomic E-state index is 8.83. The standard InChI is InChI=1S/C21H23N5S.ClH/c1-15(13-25-10-4-5-11-25)26-17-6-2-3-7-19(17)27-20-9-8-16(12-18(20)26)21(23)24-14-22;/h2-3,6-9,12,15H,4-5,10-11,13H2,1H3,(H2,23,24);1H. The monoisotopic (exact) mass is 413 g/mol. The van der Waals surface area contributed by atoms with Crippen LogP contribution in [0.1, 0.15) is 25.3 Å². The Labute approximate surface area is 176 Å². The Morgan fingerprint density at radius 1 is 1.18 bits per heavy atom. The summed E-state index contributed by atoms with van der Waals surface area (Å²) < 4.78 is 0. The van der Waals surface area contributed by atoms with Crippen LogP contribution in [0.2, 0.25) is 0 Å². The van der Waals surface area contributed by atoms with E-state index >= 15 is 0 Å². The largest absolute Gasteiger partial charge is 0.383 e. The molecule has 0 aromatic heterocycles. The highest BCUT2D eigenvalue weighted by molar-refractivity contribution is 7.99. The molecule has 0 radical (unpaired) electrons. The smallest absolute Gasteiger partial charge is 0.207 e. The fourth-order valence-corrected chi connectivity index (χ4v) is 5.01. The van der Waals surface area contributed by atoms with Gasteiger partial charge in [0.2, 0.25) is 6.19 Å². The second-order valence-electron chi connectivity index (χ2n) is 7.08. The molecular formula is C21H24ClN5S. The van der Waals surface area contributed by atoms with Gasteiger partial charge < -0.3 is 15.5 Å². The lowest BCUT2D eigenvalue weighted by molar-refractivity contribution is 0.319. The lowest BCUT2D eigenvalue weighted by atomic mass is 10.1. The van der Waals surface area contributed by atoms with Crippen molar-refractivity contribution in [3.63, 3.8) is 0 Å². The van der Waals surface area contributed by atoms with Gasteiger partial charge in [0, 0.05) is 27.9 Å². The highest BCUT2D eigenvalue weighted by Gasteiger charge is 2.29. The van der Waals surface area contributed by atoms with Gasteiger partial charge in [0.1, 0.15) is 5.84 Å². The van der Waals surface area contributed by atoms with Crippen molar-refractivity contribution < 1.29 is 0 Å². The molecule has 2 aromatic carbocycles. The average molecular weight is 414 g/mol. The molecule has 146 valence electrons. The lowest BCUT2D eigenvalue weighted by Gasteiger charge is -2.39. The Balaban J connectivity index is 0.00000225. The van der Waals surface area contributed by atoms with E-state index in [9.17, 15) is 0 Å². The molecule has 5 nitrogen and oxygen atoms in total. The first-order valence-corrected chi connectivity index (χ1v) is 10.1. The van der Waals surface area contributed by atoms with E-state index in [-0.39, 0.29) is 18.2 Å². The average Bonchev–Trinajstić information content (AvgIpc) is 3.18. The molecule has 1 unspecified atom stereocenters. The number of rotatable bonds is 4. The fraction of sp³-hybridized carbons (Fsp3) is 0.333. The second-order valence-corrected chi connectivity index (χ2v) is 8.16. The van der Waals surface area contributed by atoms with Crippen molar-refractivity contribution in [2.75, 3.05) is 24.5 Å². The van der Waals surface area contributed by atoms with Gasteiger partial charge in [-0.1, -0.05) is 23.9 Å². The normalized spacial score (nSPS) is 17.3. The molecule has 2 aliphatic heterocycles. The Morgan fingerprint density at radius 2 is 1.89 bits per heavy atom. The molecular weight excluding hydrogens is 390 g/mol. The molecule has 0 amide bonds. The van der Waals surface area contributed by atoms with Crippen molar-refractivity contribution in [2.45, 2.75) is 35.6 Å². The quantitative estimate of drug-likeness (QED) is 0.457. The maximum atomic E-state index is 8.83. The summed E-state index contributed by atoms with van der Waals surface area (Å²) in [5, 5.41) is 8.83. The summed E-state index contributed by atoms with van der Waals surface area (Å²) in [6.07, 6.45) is 4.37. The number of hydrogen-bond acceptors (Lipinski definition) is 5. The predicted molar refractivity (Wildman–Crippen MR) is 118 cm³/mol. The molecule has 1 fully saturated rings. The first-order valence-electron chi connectivity index (χ1n) is 9.32. The van der Waals surface area contributed by atoms with Crippen LogP contribution in [0, 0.1) is 11.5 Å². The number of aliphatic imine (C=N–C) groups is 1. The zero-order valence-corrected chi connectivity index (χ0v) is 17.5. The van der Waals surface area contributed by atoms with E-state index in [0.29, 0.717) is 6.04 Å². The van der Waals surface area contributed by atoms with Crippen molar-refractivity contribution in [3.05, 3.63) is 48.0 Å². The Kier molecular flexibility index (Phi) is 6.50. The summed E-state index contributed by atoms with van der Waals surface area (Å²) in [5.41, 5.74) is 9.14. The minimum absolute atomic E-state index is 0. The summed E-state index contributed by atoms with van der Waals surface area (Å²) in [4.78, 5) is 11.1. The van der Waals surface area contributed by atoms with Crippen LogP contribution in [-0.2, 0) is 0 Å². The maximum Gasteiger partial charge on any atom is 0.207 e. The molecule has 1 saturated heterocycles. The van der Waals surface area contributed by atoms with Crippen LogP contribution in [0.3, 0.4) is 0 Å². The fourth-order valence-electron chi connectivity index (χ4n) is 3.96. The third kappa shape index (κ3) is 3.97. The van der Waals surface area contributed by atoms with E-state index in [1.807, 2.05) is 6.07 Å². The number of nitrogens with two attached hydrogens (primary N) is 1. The number of halogens is 1. The summed E-state index contributed by atoms with van der Waals surface area (Å²) in [6, 6.07) is 15.0. The Hall–Kier alpha value is -2.20. The van der Waals surface area contributed by atoms with E-state index in [1.54, 1.807) is 18.0 Å². The van der Waals surface area contributed by atoms with Crippen molar-refractivity contribution in [2.24, 2.45) is 10.7 Å². The van der Waals surface area contributed by atoms with Gasteiger partial charge in [0.25, 0.3) is 0 Å². The zero-order chi connectivity index (χ0) is 18.8. The first-order chi connectivity index (χ1) is 13.2. The second kappa shape index (κ2) is 8.87. The molecule has 4 rings (SSSR count). The number of amidine groups is 1. The van der Waals surface area contributed by atoms with E-state index in [1.165, 1.54) is 41.4 Å². The SMILES string of the molecule is CC(CN1CCCC1)N1c2ccccc2Sc2ccc(C(N)=NC#N)cc21.Cl. The summed E-state index contributed by atoms with van der Waals surface area (Å²) >= 11 is 1.78. The van der Waals surface area contributed by atoms with Crippen LogP contribution in [0.25, 0.3) is 0 Å². The van der Waals surface area contributed by atoms with Gasteiger partial charge in [-0.15, -0.1) is 12.4 Å². The minimum Gasteiger partial charge on any atom is -0.383 e. The topological polar surface area (TPSA) is 68.7 Å². The Bertz CT molecular complexity index is 917. The number of anilines is 2. The minimum atomic E-state index is 0. The third-order valence-electron chi connectivity index (χ3n) is 5.19. The third-order valence-corrected chi connectivity index (χ3v) is 6.32. The number of nitrogens with zero attached hydrogens (tertiary/aromatic N) is 4. The van der Waals surface area contributed by atoms with Crippen LogP contribution in [-0.4, -0.2) is 36.4 Å². The molecule has 2 aliphatic rings. The van der Waals surface area contributed by atoms with E-state index < -0.39 is 0 Å². The van der Waals surface area contributed by atoms with Gasteiger partial charge in [-0.25, -0.2) is 0 Å². The van der Waals surface area contributed by atoms with Gasteiger partial charge in [-0.3, -0.25) is 0 Å². The van der Waals surface area contributed by atoms with Crippen molar-refractivity contribution >= 4 is 41.4 Å². The zero-order valence-electron chi connectivity index (χ0n) is 15.8. The van der Waals surface area contributed by atoms with E-state index in [2.05, 4.69) is 58.1 Å². The van der Waals surface area contributed by atoms with Crippen molar-refractivity contribution in [1.82, 2.24) is 4.90 Å². The van der Waals surface area contributed by atoms with Crippen molar-refractivity contribution in [3.8, 4) is 6.19 Å². The number of likely N-dealkylation sites (tertiary alicyclic amines) is 1. The molecule has 2 N–H and O–H groups in total. The molecule has 7 heteroatoms. The van der Waals surface area contributed by atoms with Crippen molar-refractivity contribution in [1.29, 1.82) is 5.26 Å². The number of nitriles is 1. The van der Waals surface area contributed by atoms with Gasteiger partial charge in [-0.2, -0.15) is 10.3 Å². The molecule has 28 heavy (non-hydrogen) atoms. The highest BCUT2D eigenvalue weighted by Crippen LogP contribution is 2.49. The van der Waals surface area contributed by atoms with Crippen LogP contribution in [0.4, 0.5) is 11.4 Å². The predicted octanol–water partition coefficient (Wildman–Crippen LogP) is 4.38. The molecule has 2 aromatic rings. The van der Waals surface area contributed by atoms with Gasteiger partial charge in [0.05, 0.1) is 11.4 Å². The number of hydrogen-bond donors (Lipinski definition) is 1.